The van der Waals surface area contributed by atoms with Gasteiger partial charge < -0.3 is 15.1 Å². The highest BCUT2D eigenvalue weighted by Gasteiger charge is 2.48. The molecule has 25 heavy (non-hydrogen) atoms. The topological polar surface area (TPSA) is 73.7 Å². The van der Waals surface area contributed by atoms with Crippen molar-refractivity contribution >= 4 is 16.8 Å². The maximum Gasteiger partial charge on any atom is 0.226 e. The Kier molecular flexibility index (Phi) is 4.21. The SMILES string of the molecule is O=C([C@@H]1C[C@H]1c1ccnc2ccccc12)N1CCCC(CO)(CO)C1. The first-order chi connectivity index (χ1) is 12.2. The van der Waals surface area contributed by atoms with E-state index in [-0.39, 0.29) is 31.0 Å². The van der Waals surface area contributed by atoms with E-state index >= 15 is 0 Å². The quantitative estimate of drug-likeness (QED) is 0.892. The van der Waals surface area contributed by atoms with Crippen LogP contribution < -0.4 is 0 Å². The van der Waals surface area contributed by atoms with Crippen LogP contribution in [0.15, 0.2) is 36.5 Å². The number of nitrogens with zero attached hydrogens (tertiary/aromatic N) is 2. The number of amides is 1. The Hall–Kier alpha value is -1.98. The van der Waals surface area contributed by atoms with Gasteiger partial charge in [-0.15, -0.1) is 0 Å². The van der Waals surface area contributed by atoms with Gasteiger partial charge in [0, 0.05) is 36.0 Å². The number of hydrogen-bond donors (Lipinski definition) is 2. The zero-order valence-corrected chi connectivity index (χ0v) is 14.3. The zero-order valence-electron chi connectivity index (χ0n) is 14.3. The highest BCUT2D eigenvalue weighted by atomic mass is 16.3. The first kappa shape index (κ1) is 16.5. The van der Waals surface area contributed by atoms with Gasteiger partial charge in [0.05, 0.1) is 18.7 Å². The van der Waals surface area contributed by atoms with Crippen molar-refractivity contribution in [2.24, 2.45) is 11.3 Å². The second kappa shape index (κ2) is 6.39. The molecule has 4 rings (SSSR count). The molecule has 1 saturated heterocycles. The molecule has 0 bridgehead atoms. The molecule has 1 aliphatic carbocycles. The lowest BCUT2D eigenvalue weighted by Gasteiger charge is -2.40. The third kappa shape index (κ3) is 2.92. The number of carbonyl (C=O) groups is 1. The summed E-state index contributed by atoms with van der Waals surface area (Å²) in [4.78, 5) is 19.2. The zero-order chi connectivity index (χ0) is 17.4. The number of rotatable bonds is 4. The summed E-state index contributed by atoms with van der Waals surface area (Å²) < 4.78 is 0. The van der Waals surface area contributed by atoms with Gasteiger partial charge in [0.2, 0.25) is 5.91 Å². The second-order valence-corrected chi connectivity index (χ2v) is 7.55. The second-order valence-electron chi connectivity index (χ2n) is 7.55. The van der Waals surface area contributed by atoms with Crippen molar-refractivity contribution in [3.05, 3.63) is 42.1 Å². The summed E-state index contributed by atoms with van der Waals surface area (Å²) in [5.74, 6) is 0.427. The van der Waals surface area contributed by atoms with Crippen LogP contribution in [0.5, 0.6) is 0 Å². The van der Waals surface area contributed by atoms with Gasteiger partial charge in [0.15, 0.2) is 0 Å². The molecular weight excluding hydrogens is 316 g/mol. The van der Waals surface area contributed by atoms with Crippen LogP contribution in [0.1, 0.15) is 30.7 Å². The molecule has 1 saturated carbocycles. The normalized spacial score (nSPS) is 25.1. The van der Waals surface area contributed by atoms with Crippen LogP contribution in [0.4, 0.5) is 0 Å². The molecule has 2 aromatic rings. The molecule has 132 valence electrons. The molecule has 2 atom stereocenters. The summed E-state index contributed by atoms with van der Waals surface area (Å²) in [6.07, 6.45) is 4.30. The number of pyridine rings is 1. The third-order valence-electron chi connectivity index (χ3n) is 5.83. The summed E-state index contributed by atoms with van der Waals surface area (Å²) in [6, 6.07) is 10.1. The fraction of sp³-hybridized carbons (Fsp3) is 0.500. The van der Waals surface area contributed by atoms with Crippen LogP contribution in [0.25, 0.3) is 10.9 Å². The van der Waals surface area contributed by atoms with Gasteiger partial charge in [0.1, 0.15) is 0 Å². The lowest BCUT2D eigenvalue weighted by Crippen LogP contribution is -2.50. The lowest BCUT2D eigenvalue weighted by atomic mass is 9.81. The standard InChI is InChI=1S/C20H24N2O3/c23-12-20(13-24)7-3-9-22(11-20)19(25)17-10-16(17)14-6-8-21-18-5-2-1-4-15(14)18/h1-2,4-6,8,16-17,23-24H,3,7,9-13H2/t16-,17+/m0/s1. The van der Waals surface area contributed by atoms with E-state index in [9.17, 15) is 15.0 Å². The largest absolute Gasteiger partial charge is 0.396 e. The average molecular weight is 340 g/mol. The van der Waals surface area contributed by atoms with Crippen molar-refractivity contribution < 1.29 is 15.0 Å². The maximum atomic E-state index is 12.9. The summed E-state index contributed by atoms with van der Waals surface area (Å²) >= 11 is 0. The predicted molar refractivity (Wildman–Crippen MR) is 95.0 cm³/mol. The third-order valence-corrected chi connectivity index (χ3v) is 5.83. The Morgan fingerprint density at radius 1 is 1.24 bits per heavy atom. The molecule has 2 heterocycles. The number of hydrogen-bond acceptors (Lipinski definition) is 4. The van der Waals surface area contributed by atoms with Gasteiger partial charge in [-0.3, -0.25) is 9.78 Å². The molecule has 5 heteroatoms. The number of aliphatic hydroxyl groups excluding tert-OH is 2. The van der Waals surface area contributed by atoms with E-state index in [1.165, 1.54) is 5.56 Å². The molecule has 2 aliphatic rings. The van der Waals surface area contributed by atoms with Crippen molar-refractivity contribution in [1.82, 2.24) is 9.88 Å². The summed E-state index contributed by atoms with van der Waals surface area (Å²) in [5.41, 5.74) is 1.63. The van der Waals surface area contributed by atoms with Crippen molar-refractivity contribution in [2.45, 2.75) is 25.2 Å². The minimum atomic E-state index is -0.540. The molecule has 1 aromatic carbocycles. The number of aromatic nitrogens is 1. The van der Waals surface area contributed by atoms with Crippen LogP contribution in [-0.4, -0.2) is 52.3 Å². The van der Waals surface area contributed by atoms with Gasteiger partial charge in [-0.05, 0) is 42.9 Å². The van der Waals surface area contributed by atoms with E-state index in [0.29, 0.717) is 6.54 Å². The summed E-state index contributed by atoms with van der Waals surface area (Å²) in [7, 11) is 0. The molecule has 0 unspecified atom stereocenters. The molecule has 1 aromatic heterocycles. The van der Waals surface area contributed by atoms with E-state index in [1.807, 2.05) is 35.4 Å². The van der Waals surface area contributed by atoms with Gasteiger partial charge in [-0.25, -0.2) is 0 Å². The monoisotopic (exact) mass is 340 g/mol. The van der Waals surface area contributed by atoms with Gasteiger partial charge in [-0.2, -0.15) is 0 Å². The molecule has 2 fully saturated rings. The Balaban J connectivity index is 1.52. The van der Waals surface area contributed by atoms with Crippen molar-refractivity contribution in [3.63, 3.8) is 0 Å². The van der Waals surface area contributed by atoms with E-state index in [0.717, 1.165) is 36.7 Å². The molecule has 1 aliphatic heterocycles. The van der Waals surface area contributed by atoms with Crippen LogP contribution in [0.3, 0.4) is 0 Å². The fourth-order valence-corrected chi connectivity index (χ4v) is 4.19. The Bertz CT molecular complexity index is 782. The number of para-hydroxylation sites is 1. The van der Waals surface area contributed by atoms with Crippen molar-refractivity contribution in [3.8, 4) is 0 Å². The smallest absolute Gasteiger partial charge is 0.226 e. The Labute approximate surface area is 147 Å². The Morgan fingerprint density at radius 2 is 2.04 bits per heavy atom. The lowest BCUT2D eigenvalue weighted by molar-refractivity contribution is -0.138. The minimum Gasteiger partial charge on any atom is -0.396 e. The van der Waals surface area contributed by atoms with E-state index in [4.69, 9.17) is 0 Å². The van der Waals surface area contributed by atoms with E-state index < -0.39 is 5.41 Å². The maximum absolute atomic E-state index is 12.9. The fourth-order valence-electron chi connectivity index (χ4n) is 4.19. The van der Waals surface area contributed by atoms with Gasteiger partial charge in [0.25, 0.3) is 0 Å². The van der Waals surface area contributed by atoms with Crippen molar-refractivity contribution in [1.29, 1.82) is 0 Å². The predicted octanol–water partition coefficient (Wildman–Crippen LogP) is 1.93. The number of piperidine rings is 1. The molecule has 5 nitrogen and oxygen atoms in total. The molecular formula is C20H24N2O3. The Morgan fingerprint density at radius 3 is 2.84 bits per heavy atom. The summed E-state index contributed by atoms with van der Waals surface area (Å²) in [6.45, 7) is 1.03. The number of benzene rings is 1. The van der Waals surface area contributed by atoms with Crippen LogP contribution in [-0.2, 0) is 4.79 Å². The molecule has 2 N–H and O–H groups in total. The molecule has 0 spiro atoms. The van der Waals surface area contributed by atoms with Crippen molar-refractivity contribution in [2.75, 3.05) is 26.3 Å². The first-order valence-corrected chi connectivity index (χ1v) is 9.02. The number of likely N-dealkylation sites (tertiary alicyclic amines) is 1. The van der Waals surface area contributed by atoms with Gasteiger partial charge >= 0.3 is 0 Å². The summed E-state index contributed by atoms with van der Waals surface area (Å²) in [5, 5.41) is 20.4. The van der Waals surface area contributed by atoms with Crippen LogP contribution >= 0.6 is 0 Å². The minimum absolute atomic E-state index is 0.0130. The highest BCUT2D eigenvalue weighted by molar-refractivity contribution is 5.87. The number of fused-ring (bicyclic) bond motifs is 1. The van der Waals surface area contributed by atoms with E-state index in [1.54, 1.807) is 0 Å². The average Bonchev–Trinajstić information content (AvgIpc) is 3.47. The van der Waals surface area contributed by atoms with Gasteiger partial charge in [-0.1, -0.05) is 18.2 Å². The number of aliphatic hydroxyl groups is 2. The molecule has 0 radical (unpaired) electrons. The van der Waals surface area contributed by atoms with E-state index in [2.05, 4.69) is 11.1 Å². The van der Waals surface area contributed by atoms with Crippen LogP contribution in [0.2, 0.25) is 0 Å². The number of carbonyl (C=O) groups excluding carboxylic acids is 1. The first-order valence-electron chi connectivity index (χ1n) is 9.02. The molecule has 1 amide bonds. The highest BCUT2D eigenvalue weighted by Crippen LogP contribution is 2.50. The van der Waals surface area contributed by atoms with Crippen LogP contribution in [0, 0.1) is 11.3 Å².